The number of nitrogens with zero attached hydrogens (tertiary/aromatic N) is 4. The molecule has 0 aliphatic carbocycles. The van der Waals surface area contributed by atoms with Gasteiger partial charge in [-0.05, 0) is 49.9 Å². The van der Waals surface area contributed by atoms with Crippen LogP contribution in [0.5, 0.6) is 0 Å². The van der Waals surface area contributed by atoms with Crippen molar-refractivity contribution in [3.8, 4) is 6.07 Å². The molecule has 0 bridgehead atoms. The van der Waals surface area contributed by atoms with Gasteiger partial charge in [0.1, 0.15) is 5.82 Å². The molecule has 148 valence electrons. The van der Waals surface area contributed by atoms with Crippen LogP contribution in [0.3, 0.4) is 0 Å². The summed E-state index contributed by atoms with van der Waals surface area (Å²) in [6, 6.07) is 14.8. The number of rotatable bonds is 2. The Hall–Kier alpha value is -3.24. The molecule has 2 fully saturated rings. The summed E-state index contributed by atoms with van der Waals surface area (Å²) in [5.41, 5.74) is 1.08. The number of likely N-dealkylation sites (N-methyl/N-ethyl adjacent to an activating group) is 1. The highest BCUT2D eigenvalue weighted by molar-refractivity contribution is 5.97. The van der Waals surface area contributed by atoms with Crippen LogP contribution in [-0.4, -0.2) is 60.4 Å². The highest BCUT2D eigenvalue weighted by Gasteiger charge is 2.48. The highest BCUT2D eigenvalue weighted by Crippen LogP contribution is 2.34. The van der Waals surface area contributed by atoms with Crippen LogP contribution in [0.2, 0.25) is 0 Å². The number of carbonyl (C=O) groups is 2. The SMILES string of the molecule is CN1CC(=O)N(c2cccc(F)c2)CC12CCN(C(=O)c1cccc(C#N)c1)C2. The number of hydrogen-bond donors (Lipinski definition) is 0. The van der Waals surface area contributed by atoms with Crippen LogP contribution in [-0.2, 0) is 4.79 Å². The zero-order valence-corrected chi connectivity index (χ0v) is 16.1. The predicted octanol–water partition coefficient (Wildman–Crippen LogP) is 2.26. The van der Waals surface area contributed by atoms with Crippen molar-refractivity contribution in [2.75, 3.05) is 38.1 Å². The standard InChI is InChI=1S/C22H21FN4O2/c1-25-13-20(28)27(19-7-3-6-18(23)11-19)15-22(25)8-9-26(14-22)21(29)17-5-2-4-16(10-17)12-24/h2-7,10-11H,8-9,13-15H2,1H3. The third-order valence-corrected chi connectivity index (χ3v) is 5.91. The molecule has 2 heterocycles. The molecular weight excluding hydrogens is 371 g/mol. The summed E-state index contributed by atoms with van der Waals surface area (Å²) in [6.07, 6.45) is 0.715. The molecule has 1 spiro atoms. The Labute approximate surface area is 168 Å². The van der Waals surface area contributed by atoms with E-state index in [1.165, 1.54) is 12.1 Å². The molecule has 2 aliphatic rings. The monoisotopic (exact) mass is 392 g/mol. The third-order valence-electron chi connectivity index (χ3n) is 5.91. The summed E-state index contributed by atoms with van der Waals surface area (Å²) in [5, 5.41) is 9.08. The molecule has 2 amide bonds. The van der Waals surface area contributed by atoms with Crippen molar-refractivity contribution in [2.45, 2.75) is 12.0 Å². The van der Waals surface area contributed by atoms with E-state index in [0.717, 1.165) is 0 Å². The largest absolute Gasteiger partial charge is 0.337 e. The van der Waals surface area contributed by atoms with Gasteiger partial charge in [-0.15, -0.1) is 0 Å². The summed E-state index contributed by atoms with van der Waals surface area (Å²) < 4.78 is 13.7. The molecule has 1 unspecified atom stereocenters. The molecule has 0 N–H and O–H groups in total. The van der Waals surface area contributed by atoms with Crippen LogP contribution >= 0.6 is 0 Å². The van der Waals surface area contributed by atoms with E-state index in [-0.39, 0.29) is 29.7 Å². The summed E-state index contributed by atoms with van der Waals surface area (Å²) in [6.45, 7) is 1.64. The van der Waals surface area contributed by atoms with Gasteiger partial charge in [-0.25, -0.2) is 4.39 Å². The predicted molar refractivity (Wildman–Crippen MR) is 106 cm³/mol. The first-order valence-corrected chi connectivity index (χ1v) is 9.48. The zero-order chi connectivity index (χ0) is 20.6. The average Bonchev–Trinajstić information content (AvgIpc) is 3.15. The molecule has 0 aromatic heterocycles. The smallest absolute Gasteiger partial charge is 0.253 e. The molecule has 0 saturated carbocycles. The van der Waals surface area contributed by atoms with Crippen molar-refractivity contribution in [3.05, 3.63) is 65.5 Å². The Balaban J connectivity index is 1.57. The number of piperazine rings is 1. The molecule has 2 aromatic rings. The lowest BCUT2D eigenvalue weighted by Crippen LogP contribution is -2.64. The molecule has 6 nitrogen and oxygen atoms in total. The number of hydrogen-bond acceptors (Lipinski definition) is 4. The van der Waals surface area contributed by atoms with Gasteiger partial charge >= 0.3 is 0 Å². The Morgan fingerprint density at radius 1 is 1.17 bits per heavy atom. The van der Waals surface area contributed by atoms with Gasteiger partial charge in [0.15, 0.2) is 0 Å². The van der Waals surface area contributed by atoms with Crippen molar-refractivity contribution >= 4 is 17.5 Å². The minimum Gasteiger partial charge on any atom is -0.337 e. The van der Waals surface area contributed by atoms with E-state index in [0.29, 0.717) is 42.9 Å². The average molecular weight is 392 g/mol. The Bertz CT molecular complexity index is 1020. The first-order valence-electron chi connectivity index (χ1n) is 9.48. The molecule has 2 aliphatic heterocycles. The minimum absolute atomic E-state index is 0.0878. The van der Waals surface area contributed by atoms with Gasteiger partial charge in [0.05, 0.1) is 23.7 Å². The summed E-state index contributed by atoms with van der Waals surface area (Å²) >= 11 is 0. The fourth-order valence-corrected chi connectivity index (χ4v) is 4.21. The lowest BCUT2D eigenvalue weighted by molar-refractivity contribution is -0.123. The van der Waals surface area contributed by atoms with Crippen LogP contribution in [0.25, 0.3) is 0 Å². The number of amides is 2. The van der Waals surface area contributed by atoms with E-state index in [4.69, 9.17) is 5.26 Å². The quantitative estimate of drug-likeness (QED) is 0.786. The van der Waals surface area contributed by atoms with E-state index in [1.807, 2.05) is 11.9 Å². The molecular formula is C22H21FN4O2. The van der Waals surface area contributed by atoms with Crippen LogP contribution in [0, 0.1) is 17.1 Å². The van der Waals surface area contributed by atoms with E-state index >= 15 is 0 Å². The maximum absolute atomic E-state index is 13.7. The zero-order valence-electron chi connectivity index (χ0n) is 16.1. The maximum Gasteiger partial charge on any atom is 0.253 e. The number of halogens is 1. The second-order valence-electron chi connectivity index (χ2n) is 7.71. The topological polar surface area (TPSA) is 67.7 Å². The van der Waals surface area contributed by atoms with Gasteiger partial charge in [0, 0.05) is 30.9 Å². The van der Waals surface area contributed by atoms with Crippen LogP contribution in [0.15, 0.2) is 48.5 Å². The fraction of sp³-hybridized carbons (Fsp3) is 0.318. The lowest BCUT2D eigenvalue weighted by Gasteiger charge is -2.46. The molecule has 7 heteroatoms. The fourth-order valence-electron chi connectivity index (χ4n) is 4.21. The first kappa shape index (κ1) is 19.1. The summed E-state index contributed by atoms with van der Waals surface area (Å²) in [7, 11) is 1.89. The second-order valence-corrected chi connectivity index (χ2v) is 7.71. The Morgan fingerprint density at radius 2 is 1.97 bits per heavy atom. The van der Waals surface area contributed by atoms with Crippen molar-refractivity contribution in [1.29, 1.82) is 5.26 Å². The minimum atomic E-state index is -0.386. The number of nitriles is 1. The van der Waals surface area contributed by atoms with Crippen LogP contribution in [0.4, 0.5) is 10.1 Å². The van der Waals surface area contributed by atoms with Gasteiger partial charge < -0.3 is 9.80 Å². The van der Waals surface area contributed by atoms with Crippen molar-refractivity contribution < 1.29 is 14.0 Å². The van der Waals surface area contributed by atoms with Gasteiger partial charge in [0.2, 0.25) is 5.91 Å². The third kappa shape index (κ3) is 3.47. The molecule has 2 saturated heterocycles. The summed E-state index contributed by atoms with van der Waals surface area (Å²) in [5.74, 6) is -0.597. The molecule has 0 radical (unpaired) electrons. The van der Waals surface area contributed by atoms with Gasteiger partial charge in [-0.1, -0.05) is 12.1 Å². The summed E-state index contributed by atoms with van der Waals surface area (Å²) in [4.78, 5) is 31.0. The maximum atomic E-state index is 13.7. The molecule has 1 atom stereocenters. The lowest BCUT2D eigenvalue weighted by atomic mass is 9.92. The number of carbonyl (C=O) groups excluding carboxylic acids is 2. The van der Waals surface area contributed by atoms with E-state index < -0.39 is 0 Å². The van der Waals surface area contributed by atoms with Crippen LogP contribution < -0.4 is 4.90 Å². The van der Waals surface area contributed by atoms with Gasteiger partial charge in [-0.2, -0.15) is 5.26 Å². The van der Waals surface area contributed by atoms with E-state index in [9.17, 15) is 14.0 Å². The number of benzene rings is 2. The molecule has 29 heavy (non-hydrogen) atoms. The highest BCUT2D eigenvalue weighted by atomic mass is 19.1. The first-order chi connectivity index (χ1) is 13.9. The van der Waals surface area contributed by atoms with Crippen molar-refractivity contribution in [2.24, 2.45) is 0 Å². The second kappa shape index (κ2) is 7.30. The molecule has 2 aromatic carbocycles. The normalized spacial score (nSPS) is 22.2. The van der Waals surface area contributed by atoms with Crippen molar-refractivity contribution in [1.82, 2.24) is 9.80 Å². The van der Waals surface area contributed by atoms with Crippen LogP contribution in [0.1, 0.15) is 22.3 Å². The van der Waals surface area contributed by atoms with E-state index in [2.05, 4.69) is 6.07 Å². The van der Waals surface area contributed by atoms with Gasteiger partial charge in [-0.3, -0.25) is 14.5 Å². The van der Waals surface area contributed by atoms with Gasteiger partial charge in [0.25, 0.3) is 5.91 Å². The Morgan fingerprint density at radius 3 is 2.72 bits per heavy atom. The number of likely N-dealkylation sites (tertiary alicyclic amines) is 1. The van der Waals surface area contributed by atoms with Crippen molar-refractivity contribution in [3.63, 3.8) is 0 Å². The molecule has 4 rings (SSSR count). The van der Waals surface area contributed by atoms with E-state index in [1.54, 1.807) is 46.2 Å². The number of anilines is 1. The Kier molecular flexibility index (Phi) is 4.81.